The van der Waals surface area contributed by atoms with Gasteiger partial charge < -0.3 is 14.0 Å². The molecule has 1 aliphatic heterocycles. The Balaban J connectivity index is 0.870. The molecule has 0 saturated carbocycles. The van der Waals surface area contributed by atoms with Gasteiger partial charge in [-0.1, -0.05) is 243 Å². The fraction of sp³-hybridized carbons (Fsp3) is 0.0250. The molecule has 3 heterocycles. The number of hydrogen-bond donors (Lipinski definition) is 0. The summed E-state index contributed by atoms with van der Waals surface area (Å²) in [6.45, 7) is 0. The molecule has 1 atom stereocenters. The number of nitrogens with zero attached hydrogens (tertiary/aromatic N) is 3. The normalized spacial score (nSPS) is 14.9. The first-order valence-electron chi connectivity index (χ1n) is 28.9. The molecule has 386 valence electrons. The van der Waals surface area contributed by atoms with Crippen molar-refractivity contribution >= 4 is 60.7 Å². The molecule has 0 amide bonds. The van der Waals surface area contributed by atoms with Gasteiger partial charge in [0.2, 0.25) is 0 Å². The zero-order valence-corrected chi connectivity index (χ0v) is 45.3. The van der Waals surface area contributed by atoms with E-state index in [1.807, 2.05) is 0 Å². The Morgan fingerprint density at radius 1 is 0.277 bits per heavy atom. The average Bonchev–Trinajstić information content (AvgIpc) is 2.24. The maximum atomic E-state index is 2.56. The van der Waals surface area contributed by atoms with Gasteiger partial charge in [-0.05, 0) is 139 Å². The van der Waals surface area contributed by atoms with Crippen molar-refractivity contribution in [2.24, 2.45) is 0 Å². The maximum absolute atomic E-state index is 2.56. The van der Waals surface area contributed by atoms with E-state index < -0.39 is 10.8 Å². The highest BCUT2D eigenvalue weighted by Crippen LogP contribution is 2.64. The summed E-state index contributed by atoms with van der Waals surface area (Å²) in [5, 5.41) is 5.07. The summed E-state index contributed by atoms with van der Waals surface area (Å²) < 4.78 is 4.92. The number of fused-ring (bicyclic) bond motifs is 18. The van der Waals surface area contributed by atoms with Crippen molar-refractivity contribution in [1.29, 1.82) is 0 Å². The largest absolute Gasteiger partial charge is 0.310 e. The first kappa shape index (κ1) is 46.1. The molecule has 3 heteroatoms. The number of para-hydroxylation sites is 5. The molecule has 3 nitrogen and oxygen atoms in total. The van der Waals surface area contributed by atoms with Gasteiger partial charge in [0, 0.05) is 44.2 Å². The Morgan fingerprint density at radius 3 is 1.42 bits per heavy atom. The van der Waals surface area contributed by atoms with Crippen molar-refractivity contribution in [2.75, 3.05) is 4.90 Å². The van der Waals surface area contributed by atoms with E-state index in [9.17, 15) is 0 Å². The highest BCUT2D eigenvalue weighted by Gasteiger charge is 2.52. The molecule has 0 saturated heterocycles. The summed E-state index contributed by atoms with van der Waals surface area (Å²) in [4.78, 5) is 2.56. The highest BCUT2D eigenvalue weighted by molar-refractivity contribution is 6.14. The van der Waals surface area contributed by atoms with Crippen LogP contribution in [0.1, 0.15) is 44.5 Å². The first-order chi connectivity index (χ1) is 41.2. The topological polar surface area (TPSA) is 13.1 Å². The lowest BCUT2D eigenvalue weighted by Crippen LogP contribution is -2.33. The number of rotatable bonds is 7. The van der Waals surface area contributed by atoms with E-state index in [-0.39, 0.29) is 0 Å². The monoisotopic (exact) mass is 1050 g/mol. The standard InChI is InChI=1S/C80H51N3/c1-3-21-54(22-4-1)79(55-23-5-2-6-24-55)66-31-12-7-25-59(66)60-50-49-58(51-71(60)79)81(56-45-41-52(42-46-56)53-43-47-57(48-44-53)82-72-36-15-9-26-61(72)62-27-10-16-37-73(62)82)76-40-20-34-69-77(76)65-29-8-13-32-67(65)80(69)68-33-14-18-39-75(68)83-74-38-17-11-28-63(74)64-30-19-35-70(80)78(64)83/h1-51H. The summed E-state index contributed by atoms with van der Waals surface area (Å²) >= 11 is 0. The second kappa shape index (κ2) is 17.4. The second-order valence-electron chi connectivity index (χ2n) is 22.6. The third-order valence-corrected chi connectivity index (χ3v) is 18.8. The van der Waals surface area contributed by atoms with Crippen LogP contribution in [-0.4, -0.2) is 9.13 Å². The summed E-state index contributed by atoms with van der Waals surface area (Å²) in [6, 6.07) is 116. The molecular formula is C80H51N3. The van der Waals surface area contributed by atoms with Crippen molar-refractivity contribution in [3.05, 3.63) is 354 Å². The molecule has 2 aromatic heterocycles. The van der Waals surface area contributed by atoms with Crippen LogP contribution >= 0.6 is 0 Å². The average molecular weight is 1050 g/mol. The Kier molecular flexibility index (Phi) is 9.64. The maximum Gasteiger partial charge on any atom is 0.0755 e. The molecule has 0 N–H and O–H groups in total. The van der Waals surface area contributed by atoms with Gasteiger partial charge in [0.15, 0.2) is 0 Å². The van der Waals surface area contributed by atoms with Gasteiger partial charge in [0.05, 0.1) is 44.3 Å². The van der Waals surface area contributed by atoms with Gasteiger partial charge in [-0.2, -0.15) is 0 Å². The second-order valence-corrected chi connectivity index (χ2v) is 22.6. The molecule has 0 bridgehead atoms. The minimum absolute atomic E-state index is 0.580. The Hall–Kier alpha value is -10.7. The van der Waals surface area contributed by atoms with Crippen LogP contribution in [0.2, 0.25) is 0 Å². The van der Waals surface area contributed by atoms with Crippen molar-refractivity contribution in [1.82, 2.24) is 9.13 Å². The van der Waals surface area contributed by atoms with Crippen molar-refractivity contribution in [3.63, 3.8) is 0 Å². The lowest BCUT2D eigenvalue weighted by molar-refractivity contribution is 0.748. The zero-order chi connectivity index (χ0) is 54.4. The Morgan fingerprint density at radius 2 is 0.747 bits per heavy atom. The predicted molar refractivity (Wildman–Crippen MR) is 343 cm³/mol. The lowest BCUT2D eigenvalue weighted by atomic mass is 9.65. The van der Waals surface area contributed by atoms with E-state index in [1.54, 1.807) is 0 Å². The molecule has 18 rings (SSSR count). The zero-order valence-electron chi connectivity index (χ0n) is 45.3. The Bertz CT molecular complexity index is 5050. The van der Waals surface area contributed by atoms with Crippen LogP contribution in [-0.2, 0) is 10.8 Å². The van der Waals surface area contributed by atoms with E-state index in [0.717, 1.165) is 33.9 Å². The van der Waals surface area contributed by atoms with Crippen LogP contribution in [0.4, 0.5) is 17.1 Å². The van der Waals surface area contributed by atoms with E-state index in [0.29, 0.717) is 0 Å². The van der Waals surface area contributed by atoms with Crippen LogP contribution in [0, 0.1) is 0 Å². The Labute approximate surface area is 481 Å². The van der Waals surface area contributed by atoms with Gasteiger partial charge >= 0.3 is 0 Å². The van der Waals surface area contributed by atoms with Crippen LogP contribution < -0.4 is 4.90 Å². The quantitative estimate of drug-likeness (QED) is 0.155. The summed E-state index contributed by atoms with van der Waals surface area (Å²) in [5.41, 5.74) is 26.9. The van der Waals surface area contributed by atoms with E-state index in [4.69, 9.17) is 0 Å². The molecule has 3 aliphatic rings. The molecule has 2 aliphatic carbocycles. The van der Waals surface area contributed by atoms with Crippen LogP contribution in [0.3, 0.4) is 0 Å². The molecule has 0 fully saturated rings. The SMILES string of the molecule is c1ccc(C2(c3ccccc3)c3ccccc3-c3ccc(N(c4ccc(-c5ccc(-n6c7ccccc7c7ccccc76)cc5)cc4)c4cccc5c4-c4ccccc4C54c5ccccc5-n5c6ccccc6c6cccc4c65)cc32)cc1. The number of hydrogen-bond acceptors (Lipinski definition) is 1. The van der Waals surface area contributed by atoms with Crippen LogP contribution in [0.15, 0.2) is 309 Å². The van der Waals surface area contributed by atoms with E-state index >= 15 is 0 Å². The first-order valence-corrected chi connectivity index (χ1v) is 28.9. The third kappa shape index (κ3) is 6.12. The van der Waals surface area contributed by atoms with E-state index in [2.05, 4.69) is 323 Å². The van der Waals surface area contributed by atoms with Crippen molar-refractivity contribution < 1.29 is 0 Å². The van der Waals surface area contributed by atoms with E-state index in [1.165, 1.54) is 116 Å². The fourth-order valence-electron chi connectivity index (χ4n) is 15.6. The molecule has 13 aromatic carbocycles. The predicted octanol–water partition coefficient (Wildman–Crippen LogP) is 20.1. The number of anilines is 3. The van der Waals surface area contributed by atoms with Gasteiger partial charge in [-0.15, -0.1) is 0 Å². The van der Waals surface area contributed by atoms with Gasteiger partial charge in [0.25, 0.3) is 0 Å². The smallest absolute Gasteiger partial charge is 0.0755 e. The lowest BCUT2D eigenvalue weighted by Gasteiger charge is -2.39. The summed E-state index contributed by atoms with van der Waals surface area (Å²) in [5.74, 6) is 0. The minimum Gasteiger partial charge on any atom is -0.310 e. The van der Waals surface area contributed by atoms with Gasteiger partial charge in [0.1, 0.15) is 0 Å². The molecule has 15 aromatic rings. The van der Waals surface area contributed by atoms with Crippen LogP contribution in [0.25, 0.3) is 88.4 Å². The minimum atomic E-state index is -0.612. The molecule has 83 heavy (non-hydrogen) atoms. The van der Waals surface area contributed by atoms with Crippen molar-refractivity contribution in [2.45, 2.75) is 10.8 Å². The number of aromatic nitrogens is 2. The molecule has 0 radical (unpaired) electrons. The van der Waals surface area contributed by atoms with Gasteiger partial charge in [-0.25, -0.2) is 0 Å². The van der Waals surface area contributed by atoms with Crippen molar-refractivity contribution in [3.8, 4) is 44.8 Å². The third-order valence-electron chi connectivity index (χ3n) is 18.8. The highest BCUT2D eigenvalue weighted by atomic mass is 15.1. The fourth-order valence-corrected chi connectivity index (χ4v) is 15.6. The molecular weight excluding hydrogens is 1000 g/mol. The molecule has 1 unspecified atom stereocenters. The van der Waals surface area contributed by atoms with Crippen LogP contribution in [0.5, 0.6) is 0 Å². The molecule has 1 spiro atoms. The summed E-state index contributed by atoms with van der Waals surface area (Å²) in [7, 11) is 0. The van der Waals surface area contributed by atoms with Gasteiger partial charge in [-0.3, -0.25) is 0 Å². The number of benzene rings is 13. The summed E-state index contributed by atoms with van der Waals surface area (Å²) in [6.07, 6.45) is 0.